The summed E-state index contributed by atoms with van der Waals surface area (Å²) in [6.45, 7) is 0. The highest BCUT2D eigenvalue weighted by atomic mass is 19.4. The first-order valence-electron chi connectivity index (χ1n) is 6.77. The number of carboxylic acid groups (broad SMARTS) is 2. The molecule has 1 heterocycles. The number of hydrogen-bond acceptors (Lipinski definition) is 5. The number of aromatic amines is 1. The van der Waals surface area contributed by atoms with Gasteiger partial charge in [0, 0.05) is 5.56 Å². The molecule has 0 unspecified atom stereocenters. The Labute approximate surface area is 142 Å². The summed E-state index contributed by atoms with van der Waals surface area (Å²) < 4.78 is 43.6. The molecule has 11 heteroatoms. The number of ether oxygens (including phenoxy) is 1. The van der Waals surface area contributed by atoms with Crippen molar-refractivity contribution in [2.24, 2.45) is 0 Å². The molecule has 2 rings (SSSR count). The average Bonchev–Trinajstić information content (AvgIpc) is 2.51. The van der Waals surface area contributed by atoms with Gasteiger partial charge in [-0.25, -0.2) is 9.59 Å². The first-order chi connectivity index (χ1) is 12.0. The Morgan fingerprint density at radius 3 is 2.19 bits per heavy atom. The van der Waals surface area contributed by atoms with Crippen LogP contribution in [0.4, 0.5) is 19.0 Å². The van der Waals surface area contributed by atoms with E-state index in [9.17, 15) is 37.8 Å². The quantitative estimate of drug-likeness (QED) is 0.643. The van der Waals surface area contributed by atoms with Gasteiger partial charge in [0.15, 0.2) is 0 Å². The minimum atomic E-state index is -4.76. The molecular weight excluding hydrogens is 361 g/mol. The van der Waals surface area contributed by atoms with E-state index in [4.69, 9.17) is 5.73 Å². The lowest BCUT2D eigenvalue weighted by atomic mass is 9.94. The fourth-order valence-electron chi connectivity index (χ4n) is 2.42. The van der Waals surface area contributed by atoms with Crippen LogP contribution in [0.25, 0.3) is 11.1 Å². The van der Waals surface area contributed by atoms with Crippen LogP contribution in [0.1, 0.15) is 26.3 Å². The highest BCUT2D eigenvalue weighted by molar-refractivity contribution is 6.07. The number of methoxy groups -OCH3 is 1. The smallest absolute Gasteiger partial charge is 0.419 e. The summed E-state index contributed by atoms with van der Waals surface area (Å²) in [6, 6.07) is 2.21. The lowest BCUT2D eigenvalue weighted by Gasteiger charge is -2.16. The van der Waals surface area contributed by atoms with Crippen molar-refractivity contribution in [2.75, 3.05) is 12.8 Å². The molecule has 26 heavy (non-hydrogen) atoms. The molecule has 1 aromatic carbocycles. The molecule has 0 radical (unpaired) electrons. The third-order valence-electron chi connectivity index (χ3n) is 3.47. The molecule has 0 aliphatic carbocycles. The number of nitrogens with one attached hydrogen (secondary N) is 1. The van der Waals surface area contributed by atoms with Crippen molar-refractivity contribution in [1.29, 1.82) is 0 Å². The Hall–Kier alpha value is -3.50. The van der Waals surface area contributed by atoms with Crippen molar-refractivity contribution in [1.82, 2.24) is 4.98 Å². The maximum absolute atomic E-state index is 13.0. The molecule has 0 saturated carbocycles. The number of nitrogen functional groups attached to an aromatic ring is 1. The number of pyridine rings is 1. The zero-order valence-electron chi connectivity index (χ0n) is 13.0. The number of anilines is 1. The van der Waals surface area contributed by atoms with Gasteiger partial charge in [-0.3, -0.25) is 4.79 Å². The van der Waals surface area contributed by atoms with E-state index in [1.165, 1.54) is 0 Å². The average molecular weight is 372 g/mol. The number of nitrogens with two attached hydrogens (primary N) is 1. The van der Waals surface area contributed by atoms with Crippen molar-refractivity contribution in [3.8, 4) is 16.9 Å². The van der Waals surface area contributed by atoms with Crippen molar-refractivity contribution in [2.45, 2.75) is 6.18 Å². The molecule has 0 aliphatic rings. The number of aromatic nitrogens is 1. The Balaban J connectivity index is 2.94. The predicted molar refractivity (Wildman–Crippen MR) is 82.4 cm³/mol. The Morgan fingerprint density at radius 1 is 1.15 bits per heavy atom. The number of carbonyl (C=O) groups is 2. The first-order valence-corrected chi connectivity index (χ1v) is 6.77. The fraction of sp³-hybridized carbons (Fsp3) is 0.133. The van der Waals surface area contributed by atoms with Gasteiger partial charge < -0.3 is 25.7 Å². The summed E-state index contributed by atoms with van der Waals surface area (Å²) in [4.78, 5) is 36.7. The van der Waals surface area contributed by atoms with Crippen LogP contribution < -0.4 is 16.0 Å². The van der Waals surface area contributed by atoms with Crippen LogP contribution in [0.15, 0.2) is 23.0 Å². The molecule has 0 bridgehead atoms. The summed E-state index contributed by atoms with van der Waals surface area (Å²) in [5.41, 5.74) is 0.451. The Morgan fingerprint density at radius 2 is 1.73 bits per heavy atom. The van der Waals surface area contributed by atoms with Crippen molar-refractivity contribution < 1.29 is 37.7 Å². The monoisotopic (exact) mass is 372 g/mol. The SMILES string of the molecule is COc1cc(-c2c(C(=O)O)c(N)[nH]c(=O)c2C(=O)O)ccc1C(F)(F)F. The van der Waals surface area contributed by atoms with Crippen LogP contribution in [0, 0.1) is 0 Å². The van der Waals surface area contributed by atoms with E-state index in [0.717, 1.165) is 19.2 Å². The highest BCUT2D eigenvalue weighted by Crippen LogP contribution is 2.39. The lowest BCUT2D eigenvalue weighted by Crippen LogP contribution is -2.24. The van der Waals surface area contributed by atoms with Crippen LogP contribution in [0.3, 0.4) is 0 Å². The number of aromatic carboxylic acids is 2. The molecule has 2 aromatic rings. The molecule has 8 nitrogen and oxygen atoms in total. The second-order valence-corrected chi connectivity index (χ2v) is 5.02. The molecule has 0 aliphatic heterocycles. The van der Waals surface area contributed by atoms with Gasteiger partial charge in [0.25, 0.3) is 5.56 Å². The van der Waals surface area contributed by atoms with E-state index in [-0.39, 0.29) is 5.56 Å². The van der Waals surface area contributed by atoms with Crippen LogP contribution in [0.2, 0.25) is 0 Å². The summed E-state index contributed by atoms with van der Waals surface area (Å²) >= 11 is 0. The molecule has 5 N–H and O–H groups in total. The van der Waals surface area contributed by atoms with Crippen molar-refractivity contribution in [3.05, 3.63) is 45.2 Å². The van der Waals surface area contributed by atoms with Crippen molar-refractivity contribution >= 4 is 17.8 Å². The molecular formula is C15H11F3N2O6. The predicted octanol–water partition coefficient (Wildman–Crippen LogP) is 2.05. The number of alkyl halides is 3. The highest BCUT2D eigenvalue weighted by Gasteiger charge is 2.35. The largest absolute Gasteiger partial charge is 0.496 e. The lowest BCUT2D eigenvalue weighted by molar-refractivity contribution is -0.138. The van der Waals surface area contributed by atoms with E-state index in [1.807, 2.05) is 4.98 Å². The van der Waals surface area contributed by atoms with E-state index >= 15 is 0 Å². The van der Waals surface area contributed by atoms with Crippen LogP contribution in [0.5, 0.6) is 5.75 Å². The standard InChI is InChI=1S/C15H11F3N2O6/c1-26-7-4-5(2-3-6(7)15(16,17)18)8-9(13(22)23)11(19)20-12(21)10(8)14(24)25/h2-4H,1H3,(H,22,23)(H,24,25)(H3,19,20,21). The number of carboxylic acids is 2. The second kappa shape index (κ2) is 6.43. The van der Waals surface area contributed by atoms with Crippen LogP contribution >= 0.6 is 0 Å². The van der Waals surface area contributed by atoms with Gasteiger partial charge in [-0.1, -0.05) is 6.07 Å². The minimum absolute atomic E-state index is 0.289. The van der Waals surface area contributed by atoms with E-state index in [0.29, 0.717) is 6.07 Å². The van der Waals surface area contributed by atoms with Gasteiger partial charge >= 0.3 is 18.1 Å². The molecule has 0 saturated heterocycles. The number of H-pyrrole nitrogens is 1. The molecule has 0 fully saturated rings. The van der Waals surface area contributed by atoms with Gasteiger partial charge in [0.05, 0.1) is 12.7 Å². The Bertz CT molecular complexity index is 965. The zero-order valence-corrected chi connectivity index (χ0v) is 13.0. The number of benzene rings is 1. The normalized spacial score (nSPS) is 11.2. The van der Waals surface area contributed by atoms with Gasteiger partial charge in [0.2, 0.25) is 0 Å². The maximum atomic E-state index is 13.0. The summed E-state index contributed by atoms with van der Waals surface area (Å²) in [6.07, 6.45) is -4.76. The molecule has 0 atom stereocenters. The van der Waals surface area contributed by atoms with Crippen LogP contribution in [-0.2, 0) is 6.18 Å². The number of hydrogen-bond donors (Lipinski definition) is 4. The molecule has 1 aromatic heterocycles. The van der Waals surface area contributed by atoms with E-state index in [2.05, 4.69) is 4.74 Å². The number of rotatable bonds is 4. The van der Waals surface area contributed by atoms with Crippen molar-refractivity contribution in [3.63, 3.8) is 0 Å². The molecule has 0 amide bonds. The van der Waals surface area contributed by atoms with E-state index in [1.54, 1.807) is 0 Å². The minimum Gasteiger partial charge on any atom is -0.496 e. The van der Waals surface area contributed by atoms with Gasteiger partial charge in [0.1, 0.15) is 22.7 Å². The second-order valence-electron chi connectivity index (χ2n) is 5.02. The topological polar surface area (TPSA) is 143 Å². The summed E-state index contributed by atoms with van der Waals surface area (Å²) in [5, 5.41) is 18.6. The third kappa shape index (κ3) is 3.18. The number of halogens is 3. The summed E-state index contributed by atoms with van der Waals surface area (Å²) in [7, 11) is 0.955. The van der Waals surface area contributed by atoms with Gasteiger partial charge in [-0.05, 0) is 17.7 Å². The van der Waals surface area contributed by atoms with E-state index < -0.39 is 57.5 Å². The zero-order chi connectivity index (χ0) is 19.8. The van der Waals surface area contributed by atoms with Gasteiger partial charge in [-0.2, -0.15) is 13.2 Å². The van der Waals surface area contributed by atoms with Gasteiger partial charge in [-0.15, -0.1) is 0 Å². The third-order valence-corrected chi connectivity index (χ3v) is 3.47. The fourth-order valence-corrected chi connectivity index (χ4v) is 2.42. The van der Waals surface area contributed by atoms with Crippen LogP contribution in [-0.4, -0.2) is 34.2 Å². The molecule has 138 valence electrons. The first kappa shape index (κ1) is 18.8. The summed E-state index contributed by atoms with van der Waals surface area (Å²) in [5.74, 6) is -4.76. The molecule has 0 spiro atoms. The maximum Gasteiger partial charge on any atom is 0.419 e. The Kier molecular flexibility index (Phi) is 4.65.